The summed E-state index contributed by atoms with van der Waals surface area (Å²) in [5, 5.41) is 0. The summed E-state index contributed by atoms with van der Waals surface area (Å²) in [6.07, 6.45) is 6.99. The van der Waals surface area contributed by atoms with Crippen LogP contribution in [0.4, 0.5) is 0 Å². The Labute approximate surface area is 154 Å². The highest BCUT2D eigenvalue weighted by Gasteiger charge is 2.28. The van der Waals surface area contributed by atoms with Gasteiger partial charge in [-0.15, -0.1) is 0 Å². The van der Waals surface area contributed by atoms with Crippen LogP contribution in [0.25, 0.3) is 0 Å². The second-order valence-corrected chi connectivity index (χ2v) is 6.63. The van der Waals surface area contributed by atoms with E-state index in [1.54, 1.807) is 23.3 Å². The topological polar surface area (TPSA) is 51.0 Å². The first-order valence-electron chi connectivity index (χ1n) is 8.76. The summed E-state index contributed by atoms with van der Waals surface area (Å²) in [5.41, 5.74) is 4.88. The molecule has 5 heteroatoms. The predicted molar refractivity (Wildman–Crippen MR) is 102 cm³/mol. The van der Waals surface area contributed by atoms with E-state index in [0.29, 0.717) is 12.2 Å². The zero-order valence-electron chi connectivity index (χ0n) is 15.7. The standard InChI is InChI=1S/C21H24N4O/c1-5-25(21(26)19-13-24(4)14-23-19)20(17-7-6-8-22-12-17)18-10-15(2)9-16(3)11-18/h6-14,20H,5H2,1-4H3. The average molecular weight is 348 g/mol. The van der Waals surface area contributed by atoms with Crippen molar-refractivity contribution in [3.63, 3.8) is 0 Å². The molecule has 3 rings (SSSR count). The van der Waals surface area contributed by atoms with Crippen LogP contribution in [-0.4, -0.2) is 31.9 Å². The van der Waals surface area contributed by atoms with Crippen LogP contribution in [0.1, 0.15) is 45.7 Å². The molecule has 0 aliphatic rings. The summed E-state index contributed by atoms with van der Waals surface area (Å²) in [6.45, 7) is 6.72. The van der Waals surface area contributed by atoms with E-state index in [1.807, 2.05) is 37.2 Å². The molecule has 1 atom stereocenters. The number of benzene rings is 1. The van der Waals surface area contributed by atoms with E-state index < -0.39 is 0 Å². The van der Waals surface area contributed by atoms with Crippen molar-refractivity contribution in [2.24, 2.45) is 7.05 Å². The number of pyridine rings is 1. The second kappa shape index (κ2) is 7.52. The highest BCUT2D eigenvalue weighted by atomic mass is 16.2. The molecule has 134 valence electrons. The van der Waals surface area contributed by atoms with Gasteiger partial charge in [0.25, 0.3) is 5.91 Å². The fourth-order valence-electron chi connectivity index (χ4n) is 3.37. The number of aromatic nitrogens is 3. The number of aryl methyl sites for hydroxylation is 3. The Kier molecular flexibility index (Phi) is 5.16. The lowest BCUT2D eigenvalue weighted by Crippen LogP contribution is -2.35. The normalized spacial score (nSPS) is 12.0. The maximum Gasteiger partial charge on any atom is 0.274 e. The molecule has 0 fully saturated rings. The Morgan fingerprint density at radius 1 is 1.19 bits per heavy atom. The van der Waals surface area contributed by atoms with Gasteiger partial charge in [0, 0.05) is 32.2 Å². The van der Waals surface area contributed by atoms with Gasteiger partial charge in [0.1, 0.15) is 5.69 Å². The van der Waals surface area contributed by atoms with Gasteiger partial charge >= 0.3 is 0 Å². The zero-order valence-corrected chi connectivity index (χ0v) is 15.7. The van der Waals surface area contributed by atoms with Crippen molar-refractivity contribution < 1.29 is 4.79 Å². The summed E-state index contributed by atoms with van der Waals surface area (Å²) < 4.78 is 1.79. The van der Waals surface area contributed by atoms with E-state index in [4.69, 9.17) is 0 Å². The first-order chi connectivity index (χ1) is 12.5. The van der Waals surface area contributed by atoms with Crippen molar-refractivity contribution in [3.05, 3.63) is 83.2 Å². The number of carbonyl (C=O) groups is 1. The third-order valence-electron chi connectivity index (χ3n) is 4.40. The van der Waals surface area contributed by atoms with Gasteiger partial charge in [-0.05, 0) is 38.0 Å². The van der Waals surface area contributed by atoms with E-state index in [9.17, 15) is 4.79 Å². The molecule has 2 aromatic heterocycles. The smallest absolute Gasteiger partial charge is 0.274 e. The summed E-state index contributed by atoms with van der Waals surface area (Å²) in [4.78, 5) is 23.5. The maximum atomic E-state index is 13.2. The van der Waals surface area contributed by atoms with Crippen molar-refractivity contribution in [1.29, 1.82) is 0 Å². The Hall–Kier alpha value is -2.95. The van der Waals surface area contributed by atoms with Crippen LogP contribution in [0.3, 0.4) is 0 Å². The van der Waals surface area contributed by atoms with Crippen molar-refractivity contribution in [2.75, 3.05) is 6.54 Å². The molecule has 0 bridgehead atoms. The Bertz CT molecular complexity index is 881. The fourth-order valence-corrected chi connectivity index (χ4v) is 3.37. The van der Waals surface area contributed by atoms with Crippen molar-refractivity contribution >= 4 is 5.91 Å². The minimum atomic E-state index is -0.207. The number of hydrogen-bond donors (Lipinski definition) is 0. The molecule has 5 nitrogen and oxygen atoms in total. The van der Waals surface area contributed by atoms with Crippen molar-refractivity contribution in [1.82, 2.24) is 19.4 Å². The van der Waals surface area contributed by atoms with Gasteiger partial charge in [0.2, 0.25) is 0 Å². The number of hydrogen-bond acceptors (Lipinski definition) is 3. The number of nitrogens with zero attached hydrogens (tertiary/aromatic N) is 4. The van der Waals surface area contributed by atoms with E-state index in [1.165, 1.54) is 11.1 Å². The maximum absolute atomic E-state index is 13.2. The van der Waals surface area contributed by atoms with Gasteiger partial charge in [0.05, 0.1) is 12.4 Å². The van der Waals surface area contributed by atoms with Crippen LogP contribution in [0.15, 0.2) is 55.2 Å². The summed E-state index contributed by atoms with van der Waals surface area (Å²) in [5.74, 6) is -0.0823. The van der Waals surface area contributed by atoms with Crippen molar-refractivity contribution in [2.45, 2.75) is 26.8 Å². The molecule has 3 aromatic rings. The summed E-state index contributed by atoms with van der Waals surface area (Å²) in [6, 6.07) is 10.1. The number of rotatable bonds is 5. The van der Waals surface area contributed by atoms with Crippen LogP contribution in [0.2, 0.25) is 0 Å². The molecular formula is C21H24N4O. The summed E-state index contributed by atoms with van der Waals surface area (Å²) in [7, 11) is 1.86. The molecule has 0 aliphatic heterocycles. The molecule has 26 heavy (non-hydrogen) atoms. The SMILES string of the molecule is CCN(C(=O)c1cn(C)cn1)C(c1cccnc1)c1cc(C)cc(C)c1. The fraction of sp³-hybridized carbons (Fsp3) is 0.286. The Morgan fingerprint density at radius 3 is 2.46 bits per heavy atom. The van der Waals surface area contributed by atoms with E-state index in [0.717, 1.165) is 11.1 Å². The zero-order chi connectivity index (χ0) is 18.7. The molecular weight excluding hydrogens is 324 g/mol. The third kappa shape index (κ3) is 3.67. The van der Waals surface area contributed by atoms with Gasteiger partial charge in [-0.2, -0.15) is 0 Å². The minimum Gasteiger partial charge on any atom is -0.340 e. The molecule has 0 radical (unpaired) electrons. The number of imidazole rings is 1. The van der Waals surface area contributed by atoms with Crippen LogP contribution >= 0.6 is 0 Å². The molecule has 1 unspecified atom stereocenters. The van der Waals surface area contributed by atoms with E-state index in [-0.39, 0.29) is 11.9 Å². The Morgan fingerprint density at radius 2 is 1.92 bits per heavy atom. The van der Waals surface area contributed by atoms with E-state index >= 15 is 0 Å². The number of carbonyl (C=O) groups excluding carboxylic acids is 1. The van der Waals surface area contributed by atoms with Crippen molar-refractivity contribution in [3.8, 4) is 0 Å². The van der Waals surface area contributed by atoms with Gasteiger partial charge in [-0.25, -0.2) is 4.98 Å². The average Bonchev–Trinajstić information content (AvgIpc) is 3.05. The molecule has 0 aliphatic carbocycles. The molecule has 0 saturated carbocycles. The lowest BCUT2D eigenvalue weighted by atomic mass is 9.95. The second-order valence-electron chi connectivity index (χ2n) is 6.63. The highest BCUT2D eigenvalue weighted by molar-refractivity contribution is 5.92. The van der Waals surface area contributed by atoms with Crippen LogP contribution in [-0.2, 0) is 7.05 Å². The third-order valence-corrected chi connectivity index (χ3v) is 4.40. The van der Waals surface area contributed by atoms with Gasteiger partial charge < -0.3 is 9.47 Å². The van der Waals surface area contributed by atoms with Gasteiger partial charge in [0.15, 0.2) is 0 Å². The van der Waals surface area contributed by atoms with E-state index in [2.05, 4.69) is 42.0 Å². The first kappa shape index (κ1) is 17.9. The molecule has 1 amide bonds. The molecule has 1 aromatic carbocycles. The molecule has 0 saturated heterocycles. The lowest BCUT2D eigenvalue weighted by Gasteiger charge is -2.31. The van der Waals surface area contributed by atoms with Crippen LogP contribution in [0, 0.1) is 13.8 Å². The monoisotopic (exact) mass is 348 g/mol. The quantitative estimate of drug-likeness (QED) is 0.707. The summed E-state index contributed by atoms with van der Waals surface area (Å²) >= 11 is 0. The van der Waals surface area contributed by atoms with Gasteiger partial charge in [-0.3, -0.25) is 9.78 Å². The predicted octanol–water partition coefficient (Wildman–Crippen LogP) is 3.68. The van der Waals surface area contributed by atoms with Crippen LogP contribution < -0.4 is 0 Å². The lowest BCUT2D eigenvalue weighted by molar-refractivity contribution is 0.0711. The van der Waals surface area contributed by atoms with Gasteiger partial charge in [-0.1, -0.05) is 35.4 Å². The number of amides is 1. The largest absolute Gasteiger partial charge is 0.340 e. The molecule has 0 N–H and O–H groups in total. The van der Waals surface area contributed by atoms with Crippen LogP contribution in [0.5, 0.6) is 0 Å². The molecule has 0 spiro atoms. The first-order valence-corrected chi connectivity index (χ1v) is 8.76. The highest BCUT2D eigenvalue weighted by Crippen LogP contribution is 2.30. The molecule has 2 heterocycles. The Balaban J connectivity index is 2.10. The minimum absolute atomic E-state index is 0.0823.